The van der Waals surface area contributed by atoms with E-state index < -0.39 is 15.9 Å². The first kappa shape index (κ1) is 24.5. The van der Waals surface area contributed by atoms with Crippen molar-refractivity contribution in [2.24, 2.45) is 0 Å². The van der Waals surface area contributed by atoms with Gasteiger partial charge in [0.1, 0.15) is 6.54 Å². The third-order valence-corrected chi connectivity index (χ3v) is 8.09. The van der Waals surface area contributed by atoms with E-state index in [0.29, 0.717) is 11.6 Å². The van der Waals surface area contributed by atoms with Crippen molar-refractivity contribution in [3.8, 4) is 0 Å². The van der Waals surface area contributed by atoms with Crippen LogP contribution in [-0.2, 0) is 14.8 Å². The molecule has 3 aromatic rings. The molecule has 0 aliphatic heterocycles. The molecule has 5 nitrogen and oxygen atoms in total. The van der Waals surface area contributed by atoms with E-state index in [1.165, 1.54) is 35.2 Å². The average molecular weight is 509 g/mol. The largest absolute Gasteiger partial charge is 0.354 e. The lowest BCUT2D eigenvalue weighted by Gasteiger charge is -2.24. The summed E-state index contributed by atoms with van der Waals surface area (Å²) in [7, 11) is -3.98. The van der Waals surface area contributed by atoms with E-state index in [9.17, 15) is 13.2 Å². The summed E-state index contributed by atoms with van der Waals surface area (Å²) in [6.07, 6.45) is 0.753. The number of carbonyl (C=O) groups excluding carboxylic acids is 1. The molecule has 3 rings (SSSR count). The van der Waals surface area contributed by atoms with E-state index in [0.717, 1.165) is 16.5 Å². The second-order valence-electron chi connectivity index (χ2n) is 6.79. The Labute approximate surface area is 202 Å². The van der Waals surface area contributed by atoms with Crippen molar-refractivity contribution >= 4 is 56.6 Å². The van der Waals surface area contributed by atoms with Crippen LogP contribution in [0.25, 0.3) is 0 Å². The maximum atomic E-state index is 13.3. The van der Waals surface area contributed by atoms with Gasteiger partial charge in [-0.05, 0) is 54.6 Å². The first-order chi connectivity index (χ1) is 15.4. The van der Waals surface area contributed by atoms with E-state index in [1.54, 1.807) is 30.0 Å². The molecule has 0 aliphatic rings. The van der Waals surface area contributed by atoms with E-state index in [4.69, 9.17) is 23.2 Å². The molecule has 1 amide bonds. The number of halogens is 2. The zero-order valence-corrected chi connectivity index (χ0v) is 20.2. The molecule has 0 atom stereocenters. The van der Waals surface area contributed by atoms with E-state index >= 15 is 0 Å². The van der Waals surface area contributed by atoms with Crippen LogP contribution in [0.1, 0.15) is 6.42 Å². The second kappa shape index (κ2) is 11.6. The fourth-order valence-corrected chi connectivity index (χ4v) is 5.47. The van der Waals surface area contributed by atoms with Crippen molar-refractivity contribution in [3.05, 3.63) is 88.9 Å². The molecule has 0 heterocycles. The highest BCUT2D eigenvalue weighted by atomic mass is 35.5. The molecule has 0 aliphatic carbocycles. The number of nitrogens with zero attached hydrogens (tertiary/aromatic N) is 1. The summed E-state index contributed by atoms with van der Waals surface area (Å²) in [6, 6.07) is 22.4. The van der Waals surface area contributed by atoms with Crippen molar-refractivity contribution < 1.29 is 13.2 Å². The van der Waals surface area contributed by atoms with Gasteiger partial charge in [-0.15, -0.1) is 11.8 Å². The normalized spacial score (nSPS) is 11.2. The Balaban J connectivity index is 1.67. The van der Waals surface area contributed by atoms with Crippen molar-refractivity contribution in [1.82, 2.24) is 5.32 Å². The summed E-state index contributed by atoms with van der Waals surface area (Å²) in [5.74, 6) is 0.434. The van der Waals surface area contributed by atoms with E-state index in [-0.39, 0.29) is 22.2 Å². The van der Waals surface area contributed by atoms with Crippen LogP contribution in [0.5, 0.6) is 0 Å². The van der Waals surface area contributed by atoms with E-state index in [2.05, 4.69) is 5.32 Å². The van der Waals surface area contributed by atoms with Crippen molar-refractivity contribution in [2.45, 2.75) is 16.2 Å². The molecule has 0 aromatic heterocycles. The molecule has 1 N–H and O–H groups in total. The lowest BCUT2D eigenvalue weighted by atomic mass is 10.3. The standard InChI is InChI=1S/C23H22Cl2N2O3S2/c24-21-13-12-18(16-22(21)25)27(32(29,30)20-10-5-2-6-11-20)17-23(28)26-14-7-15-31-19-8-3-1-4-9-19/h1-6,8-13,16H,7,14-15,17H2,(H,26,28). The summed E-state index contributed by atoms with van der Waals surface area (Å²) in [5.41, 5.74) is 0.262. The average Bonchev–Trinajstić information content (AvgIpc) is 2.80. The lowest BCUT2D eigenvalue weighted by Crippen LogP contribution is -2.41. The molecule has 0 saturated heterocycles. The van der Waals surface area contributed by atoms with Crippen LogP contribution < -0.4 is 9.62 Å². The first-order valence-corrected chi connectivity index (χ1v) is 13.0. The highest BCUT2D eigenvalue weighted by molar-refractivity contribution is 7.99. The maximum Gasteiger partial charge on any atom is 0.264 e. The molecule has 32 heavy (non-hydrogen) atoms. The fourth-order valence-electron chi connectivity index (χ4n) is 2.87. The number of amides is 1. The number of rotatable bonds is 10. The molecule has 3 aromatic carbocycles. The summed E-state index contributed by atoms with van der Waals surface area (Å²) >= 11 is 13.8. The minimum atomic E-state index is -3.98. The van der Waals surface area contributed by atoms with Crippen LogP contribution in [0.4, 0.5) is 5.69 Å². The van der Waals surface area contributed by atoms with Crippen LogP contribution in [0.15, 0.2) is 88.7 Å². The minimum absolute atomic E-state index is 0.0816. The Morgan fingerprint density at radius 3 is 2.22 bits per heavy atom. The summed E-state index contributed by atoms with van der Waals surface area (Å²) in [5, 5.41) is 3.30. The van der Waals surface area contributed by atoms with Gasteiger partial charge in [-0.25, -0.2) is 8.42 Å². The number of carbonyl (C=O) groups is 1. The highest BCUT2D eigenvalue weighted by Crippen LogP contribution is 2.30. The molecule has 0 unspecified atom stereocenters. The number of sulfonamides is 1. The zero-order chi connectivity index (χ0) is 23.0. The number of hydrogen-bond acceptors (Lipinski definition) is 4. The Hall–Kier alpha value is -2.19. The van der Waals surface area contributed by atoms with Crippen LogP contribution >= 0.6 is 35.0 Å². The zero-order valence-electron chi connectivity index (χ0n) is 17.1. The third-order valence-electron chi connectivity index (χ3n) is 4.46. The minimum Gasteiger partial charge on any atom is -0.354 e. The molecular formula is C23H22Cl2N2O3S2. The fraction of sp³-hybridized carbons (Fsp3) is 0.174. The second-order valence-corrected chi connectivity index (χ2v) is 10.6. The number of thioether (sulfide) groups is 1. The van der Waals surface area contributed by atoms with Gasteiger partial charge in [0.15, 0.2) is 0 Å². The Kier molecular flexibility index (Phi) is 8.87. The van der Waals surface area contributed by atoms with Crippen LogP contribution in [0, 0.1) is 0 Å². The Morgan fingerprint density at radius 2 is 1.56 bits per heavy atom. The van der Waals surface area contributed by atoms with Crippen molar-refractivity contribution in [2.75, 3.05) is 23.1 Å². The first-order valence-electron chi connectivity index (χ1n) is 9.85. The van der Waals surface area contributed by atoms with Gasteiger partial charge in [-0.3, -0.25) is 9.10 Å². The maximum absolute atomic E-state index is 13.3. The third kappa shape index (κ3) is 6.65. The molecular weight excluding hydrogens is 487 g/mol. The van der Waals surface area contributed by atoms with Gasteiger partial charge >= 0.3 is 0 Å². The van der Waals surface area contributed by atoms with E-state index in [1.807, 2.05) is 30.3 Å². The van der Waals surface area contributed by atoms with Crippen molar-refractivity contribution in [3.63, 3.8) is 0 Å². The molecule has 0 fully saturated rings. The molecule has 168 valence electrons. The van der Waals surface area contributed by atoms with Gasteiger partial charge in [0.05, 0.1) is 20.6 Å². The van der Waals surface area contributed by atoms with Gasteiger partial charge < -0.3 is 5.32 Å². The van der Waals surface area contributed by atoms with Gasteiger partial charge in [0, 0.05) is 11.4 Å². The summed E-state index contributed by atoms with van der Waals surface area (Å²) in [4.78, 5) is 13.9. The number of hydrogen-bond donors (Lipinski definition) is 1. The van der Waals surface area contributed by atoms with Gasteiger partial charge in [-0.1, -0.05) is 59.6 Å². The van der Waals surface area contributed by atoms with Crippen molar-refractivity contribution in [1.29, 1.82) is 0 Å². The quantitative estimate of drug-likeness (QED) is 0.290. The number of nitrogens with one attached hydrogen (secondary N) is 1. The molecule has 0 radical (unpaired) electrons. The molecule has 9 heteroatoms. The SMILES string of the molecule is O=C(CN(c1ccc(Cl)c(Cl)c1)S(=O)(=O)c1ccccc1)NCCCSc1ccccc1. The highest BCUT2D eigenvalue weighted by Gasteiger charge is 2.27. The Morgan fingerprint density at radius 1 is 0.906 bits per heavy atom. The Bertz CT molecular complexity index is 1140. The van der Waals surface area contributed by atoms with Crippen LogP contribution in [-0.4, -0.2) is 33.2 Å². The topological polar surface area (TPSA) is 66.5 Å². The molecule has 0 saturated carbocycles. The predicted octanol–water partition coefficient (Wildman–Crippen LogP) is 5.49. The summed E-state index contributed by atoms with van der Waals surface area (Å²) in [6.45, 7) is 0.0697. The van der Waals surface area contributed by atoms with Crippen LogP contribution in [0.2, 0.25) is 10.0 Å². The van der Waals surface area contributed by atoms with Gasteiger partial charge in [-0.2, -0.15) is 0 Å². The van der Waals surface area contributed by atoms with Gasteiger partial charge in [0.2, 0.25) is 5.91 Å². The number of benzene rings is 3. The predicted molar refractivity (Wildman–Crippen MR) is 132 cm³/mol. The number of anilines is 1. The molecule has 0 spiro atoms. The lowest BCUT2D eigenvalue weighted by molar-refractivity contribution is -0.119. The summed E-state index contributed by atoms with van der Waals surface area (Å²) < 4.78 is 27.6. The van der Waals surface area contributed by atoms with Gasteiger partial charge in [0.25, 0.3) is 10.0 Å². The smallest absolute Gasteiger partial charge is 0.264 e. The monoisotopic (exact) mass is 508 g/mol. The van der Waals surface area contributed by atoms with Crippen LogP contribution in [0.3, 0.4) is 0 Å². The molecule has 0 bridgehead atoms.